The number of nitrogens with one attached hydrogen (secondary N) is 1. The first-order valence-electron chi connectivity index (χ1n) is 32.4. The Hall–Kier alpha value is -1.65. The van der Waals surface area contributed by atoms with E-state index in [-0.39, 0.29) is 12.5 Å². The molecule has 0 saturated carbocycles. The van der Waals surface area contributed by atoms with E-state index in [1.54, 1.807) is 6.08 Å². The zero-order chi connectivity index (χ0) is 51.3. The highest BCUT2D eigenvalue weighted by Gasteiger charge is 2.18. The minimum absolute atomic E-state index is 0.0573. The van der Waals surface area contributed by atoms with E-state index in [0.717, 1.165) is 38.5 Å². The molecule has 0 spiro atoms. The van der Waals surface area contributed by atoms with E-state index >= 15 is 0 Å². The third-order valence-electron chi connectivity index (χ3n) is 15.1. The Balaban J connectivity index is 3.43. The molecule has 1 amide bonds. The third kappa shape index (κ3) is 59.1. The molecule has 0 aliphatic heterocycles. The fourth-order valence-corrected chi connectivity index (χ4v) is 10.1. The van der Waals surface area contributed by atoms with Crippen LogP contribution in [0.4, 0.5) is 0 Å². The number of rotatable bonds is 60. The van der Waals surface area contributed by atoms with Gasteiger partial charge in [0.05, 0.1) is 18.8 Å². The number of unbranched alkanes of at least 4 members (excludes halogenated alkanes) is 47. The maximum Gasteiger partial charge on any atom is 0.220 e. The van der Waals surface area contributed by atoms with E-state index < -0.39 is 12.1 Å². The van der Waals surface area contributed by atoms with Crippen LogP contribution in [0.5, 0.6) is 0 Å². The molecular weight excluding hydrogens is 867 g/mol. The Bertz CT molecular complexity index is 1130. The Morgan fingerprint density at radius 3 is 0.859 bits per heavy atom. The molecule has 0 fully saturated rings. The second-order valence-electron chi connectivity index (χ2n) is 22.2. The number of amides is 1. The molecule has 0 heterocycles. The van der Waals surface area contributed by atoms with Crippen LogP contribution >= 0.6 is 0 Å². The summed E-state index contributed by atoms with van der Waals surface area (Å²) in [6.45, 7) is 4.33. The maximum atomic E-state index is 12.5. The van der Waals surface area contributed by atoms with Crippen LogP contribution in [0.15, 0.2) is 48.6 Å². The minimum Gasteiger partial charge on any atom is -0.394 e. The lowest BCUT2D eigenvalue weighted by molar-refractivity contribution is -0.123. The topological polar surface area (TPSA) is 69.6 Å². The number of carbonyl (C=O) groups excluding carboxylic acids is 1. The summed E-state index contributed by atoms with van der Waals surface area (Å²) in [5.74, 6) is -0.0573. The van der Waals surface area contributed by atoms with Gasteiger partial charge in [0.1, 0.15) is 0 Å². The summed E-state index contributed by atoms with van der Waals surface area (Å²) >= 11 is 0. The maximum absolute atomic E-state index is 12.5. The van der Waals surface area contributed by atoms with E-state index in [2.05, 4.69) is 55.6 Å². The van der Waals surface area contributed by atoms with Gasteiger partial charge < -0.3 is 15.5 Å². The number of allylic oxidation sites excluding steroid dienone is 7. The molecule has 0 rings (SSSR count). The molecule has 71 heavy (non-hydrogen) atoms. The van der Waals surface area contributed by atoms with Gasteiger partial charge in [0.2, 0.25) is 5.91 Å². The van der Waals surface area contributed by atoms with Gasteiger partial charge in [0.25, 0.3) is 0 Å². The second kappa shape index (κ2) is 62.6. The van der Waals surface area contributed by atoms with Crippen molar-refractivity contribution in [1.82, 2.24) is 5.32 Å². The lowest BCUT2D eigenvalue weighted by atomic mass is 10.0. The van der Waals surface area contributed by atoms with Crippen molar-refractivity contribution in [1.29, 1.82) is 0 Å². The predicted octanol–water partition coefficient (Wildman–Crippen LogP) is 21.8. The van der Waals surface area contributed by atoms with E-state index in [4.69, 9.17) is 0 Å². The molecule has 0 aliphatic rings. The van der Waals surface area contributed by atoms with Gasteiger partial charge in [-0.25, -0.2) is 0 Å². The van der Waals surface area contributed by atoms with Crippen LogP contribution in [-0.2, 0) is 4.79 Å². The van der Waals surface area contributed by atoms with Crippen molar-refractivity contribution in [3.05, 3.63) is 48.6 Å². The Morgan fingerprint density at radius 1 is 0.338 bits per heavy atom. The molecule has 0 saturated heterocycles. The molecule has 0 radical (unpaired) electrons. The summed E-state index contributed by atoms with van der Waals surface area (Å²) in [6.07, 6.45) is 87.4. The van der Waals surface area contributed by atoms with Crippen molar-refractivity contribution in [2.45, 2.75) is 366 Å². The number of aliphatic hydroxyl groups excluding tert-OH is 2. The highest BCUT2D eigenvalue weighted by Crippen LogP contribution is 2.18. The van der Waals surface area contributed by atoms with Crippen LogP contribution in [0.3, 0.4) is 0 Å². The molecule has 3 N–H and O–H groups in total. The number of hydrogen-bond acceptors (Lipinski definition) is 3. The fraction of sp³-hybridized carbons (Fsp3) is 0.866. The summed E-state index contributed by atoms with van der Waals surface area (Å²) in [6, 6.07) is -0.622. The van der Waals surface area contributed by atoms with E-state index in [9.17, 15) is 15.0 Å². The van der Waals surface area contributed by atoms with Crippen LogP contribution < -0.4 is 5.32 Å². The molecule has 0 aromatic carbocycles. The Labute approximate surface area is 445 Å². The molecule has 418 valence electrons. The van der Waals surface area contributed by atoms with Crippen molar-refractivity contribution >= 4 is 5.91 Å². The molecule has 0 aromatic heterocycles. The Kier molecular flexibility index (Phi) is 61.2. The van der Waals surface area contributed by atoms with Gasteiger partial charge in [0.15, 0.2) is 0 Å². The minimum atomic E-state index is -0.839. The highest BCUT2D eigenvalue weighted by atomic mass is 16.3. The monoisotopic (exact) mass is 994 g/mol. The summed E-state index contributed by atoms with van der Waals surface area (Å²) in [7, 11) is 0. The third-order valence-corrected chi connectivity index (χ3v) is 15.1. The summed E-state index contributed by atoms with van der Waals surface area (Å²) in [5.41, 5.74) is 0. The van der Waals surface area contributed by atoms with Crippen LogP contribution in [0.25, 0.3) is 0 Å². The first-order chi connectivity index (χ1) is 35.2. The molecule has 0 aliphatic carbocycles. The van der Waals surface area contributed by atoms with Gasteiger partial charge in [-0.3, -0.25) is 4.79 Å². The average Bonchev–Trinajstić information content (AvgIpc) is 3.37. The van der Waals surface area contributed by atoms with Crippen molar-refractivity contribution in [2.24, 2.45) is 0 Å². The first kappa shape index (κ1) is 69.3. The van der Waals surface area contributed by atoms with Gasteiger partial charge in [-0.1, -0.05) is 339 Å². The largest absolute Gasteiger partial charge is 0.394 e. The van der Waals surface area contributed by atoms with Crippen molar-refractivity contribution in [3.8, 4) is 0 Å². The van der Waals surface area contributed by atoms with Gasteiger partial charge >= 0.3 is 0 Å². The van der Waals surface area contributed by atoms with Crippen molar-refractivity contribution in [2.75, 3.05) is 6.61 Å². The molecule has 2 atom stereocenters. The molecule has 4 heteroatoms. The van der Waals surface area contributed by atoms with Crippen LogP contribution in [0.2, 0.25) is 0 Å². The van der Waals surface area contributed by atoms with Crippen molar-refractivity contribution in [3.63, 3.8) is 0 Å². The zero-order valence-corrected chi connectivity index (χ0v) is 48.3. The zero-order valence-electron chi connectivity index (χ0n) is 48.3. The molecular formula is C67H127NO3. The number of carbonyl (C=O) groups is 1. The lowest BCUT2D eigenvalue weighted by Gasteiger charge is -2.20. The van der Waals surface area contributed by atoms with E-state index in [1.807, 2.05) is 6.08 Å². The smallest absolute Gasteiger partial charge is 0.220 e. The van der Waals surface area contributed by atoms with Gasteiger partial charge in [-0.05, 0) is 57.8 Å². The van der Waals surface area contributed by atoms with Crippen LogP contribution in [0.1, 0.15) is 354 Å². The van der Waals surface area contributed by atoms with Gasteiger partial charge in [0, 0.05) is 6.42 Å². The summed E-state index contributed by atoms with van der Waals surface area (Å²) in [5, 5.41) is 23.2. The molecule has 4 nitrogen and oxygen atoms in total. The van der Waals surface area contributed by atoms with E-state index in [1.165, 1.54) is 295 Å². The fourth-order valence-electron chi connectivity index (χ4n) is 10.1. The summed E-state index contributed by atoms with van der Waals surface area (Å²) in [4.78, 5) is 12.5. The quantitative estimate of drug-likeness (QED) is 0.0420. The van der Waals surface area contributed by atoms with Crippen LogP contribution in [-0.4, -0.2) is 34.9 Å². The van der Waals surface area contributed by atoms with E-state index in [0.29, 0.717) is 6.42 Å². The van der Waals surface area contributed by atoms with Gasteiger partial charge in [-0.15, -0.1) is 0 Å². The Morgan fingerprint density at radius 2 is 0.577 bits per heavy atom. The second-order valence-corrected chi connectivity index (χ2v) is 22.2. The number of aliphatic hydroxyl groups is 2. The molecule has 2 unspecified atom stereocenters. The highest BCUT2D eigenvalue weighted by molar-refractivity contribution is 5.76. The van der Waals surface area contributed by atoms with Gasteiger partial charge in [-0.2, -0.15) is 0 Å². The van der Waals surface area contributed by atoms with Crippen molar-refractivity contribution < 1.29 is 15.0 Å². The van der Waals surface area contributed by atoms with Crippen LogP contribution in [0, 0.1) is 0 Å². The standard InChI is InChI=1S/C67H127NO3/c1-3-5-7-9-11-13-15-17-19-21-23-25-27-28-29-30-31-32-33-34-35-36-37-38-39-40-41-43-45-47-49-51-53-55-57-59-61-63-67(71)68-65(64-69)66(70)62-60-58-56-54-52-50-48-46-44-42-26-24-22-20-18-16-14-12-10-8-6-4-2/h15,17,21,23,27-28,60,62,65-66,69-70H,3-14,16,18-20,22,24-26,29-59,61,63-64H2,1-2H3,(H,68,71)/b17-15-,23-21-,28-27-,62-60+. The predicted molar refractivity (Wildman–Crippen MR) is 318 cm³/mol. The SMILES string of the molecule is CCCCCCC/C=C\C/C=C\C/C=C\CCCCCCCCCCCCCCCCCCCCCCCCC(=O)NC(CO)C(O)/C=C/CCCCCCCCCCCCCCCCCCCCCC. The lowest BCUT2D eigenvalue weighted by Crippen LogP contribution is -2.45. The molecule has 0 bridgehead atoms. The number of hydrogen-bond donors (Lipinski definition) is 3. The molecule has 0 aromatic rings. The first-order valence-corrected chi connectivity index (χ1v) is 32.4. The average molecular weight is 995 g/mol. The summed E-state index contributed by atoms with van der Waals surface area (Å²) < 4.78 is 0. The normalized spacial score (nSPS) is 13.0.